The first-order valence-electron chi connectivity index (χ1n) is 7.13. The van der Waals surface area contributed by atoms with Gasteiger partial charge in [-0.25, -0.2) is 9.97 Å². The molecule has 106 valence electrons. The van der Waals surface area contributed by atoms with Crippen molar-refractivity contribution in [3.8, 4) is 0 Å². The van der Waals surface area contributed by atoms with E-state index in [0.717, 1.165) is 19.0 Å². The number of hydrogen-bond donors (Lipinski definition) is 1. The first kappa shape index (κ1) is 13.5. The van der Waals surface area contributed by atoms with Crippen LogP contribution in [0.5, 0.6) is 0 Å². The van der Waals surface area contributed by atoms with E-state index < -0.39 is 0 Å². The van der Waals surface area contributed by atoms with Gasteiger partial charge in [-0.2, -0.15) is 11.3 Å². The third-order valence-electron chi connectivity index (χ3n) is 3.79. The molecule has 0 bridgehead atoms. The van der Waals surface area contributed by atoms with E-state index in [1.165, 1.54) is 18.4 Å². The summed E-state index contributed by atoms with van der Waals surface area (Å²) < 4.78 is 0. The Morgan fingerprint density at radius 1 is 1.40 bits per heavy atom. The second-order valence-corrected chi connectivity index (χ2v) is 6.06. The van der Waals surface area contributed by atoms with Gasteiger partial charge in [0.25, 0.3) is 0 Å². The highest BCUT2D eigenvalue weighted by Crippen LogP contribution is 2.20. The maximum atomic E-state index is 4.35. The van der Waals surface area contributed by atoms with Crippen LogP contribution in [-0.2, 0) is 0 Å². The molecule has 0 aliphatic carbocycles. The van der Waals surface area contributed by atoms with Gasteiger partial charge in [-0.3, -0.25) is 0 Å². The maximum absolute atomic E-state index is 4.35. The standard InChI is InChI=1S/C15H20N4S/c1-12(13-5-9-20-11-13)18-14-4-2-8-19(10-14)15-16-6-3-7-17-15/h3,5-7,9,11-12,14,18H,2,4,8,10H2,1H3. The Morgan fingerprint density at radius 2 is 2.25 bits per heavy atom. The zero-order valence-electron chi connectivity index (χ0n) is 11.7. The average molecular weight is 288 g/mol. The molecule has 0 aromatic carbocycles. The number of piperidine rings is 1. The fourth-order valence-electron chi connectivity index (χ4n) is 2.72. The van der Waals surface area contributed by atoms with E-state index in [1.54, 1.807) is 11.3 Å². The summed E-state index contributed by atoms with van der Waals surface area (Å²) in [5, 5.41) is 8.09. The average Bonchev–Trinajstić information content (AvgIpc) is 3.03. The van der Waals surface area contributed by atoms with E-state index >= 15 is 0 Å². The van der Waals surface area contributed by atoms with Crippen LogP contribution in [-0.4, -0.2) is 29.1 Å². The molecule has 3 rings (SSSR count). The Labute approximate surface area is 123 Å². The van der Waals surface area contributed by atoms with Gasteiger partial charge >= 0.3 is 0 Å². The molecule has 2 aromatic heterocycles. The van der Waals surface area contributed by atoms with E-state index in [0.29, 0.717) is 12.1 Å². The number of nitrogens with zero attached hydrogens (tertiary/aromatic N) is 3. The zero-order chi connectivity index (χ0) is 13.8. The lowest BCUT2D eigenvalue weighted by molar-refractivity contribution is 0.386. The lowest BCUT2D eigenvalue weighted by Crippen LogP contribution is -2.47. The molecule has 1 fully saturated rings. The van der Waals surface area contributed by atoms with Crippen LogP contribution in [0.3, 0.4) is 0 Å². The van der Waals surface area contributed by atoms with Crippen molar-refractivity contribution >= 4 is 17.3 Å². The molecule has 1 aliphatic rings. The largest absolute Gasteiger partial charge is 0.339 e. The van der Waals surface area contributed by atoms with Crippen LogP contribution in [0, 0.1) is 0 Å². The smallest absolute Gasteiger partial charge is 0.225 e. The molecule has 1 aliphatic heterocycles. The number of thiophene rings is 1. The van der Waals surface area contributed by atoms with E-state index in [9.17, 15) is 0 Å². The molecule has 5 heteroatoms. The molecule has 0 spiro atoms. The third kappa shape index (κ3) is 3.16. The number of nitrogens with one attached hydrogen (secondary N) is 1. The SMILES string of the molecule is CC(NC1CCCN(c2ncccn2)C1)c1ccsc1. The molecule has 3 heterocycles. The van der Waals surface area contributed by atoms with Crippen molar-refractivity contribution in [1.29, 1.82) is 0 Å². The minimum Gasteiger partial charge on any atom is -0.339 e. The predicted molar refractivity (Wildman–Crippen MR) is 83.1 cm³/mol. The number of anilines is 1. The molecule has 2 atom stereocenters. The van der Waals surface area contributed by atoms with Gasteiger partial charge in [0.2, 0.25) is 5.95 Å². The first-order valence-corrected chi connectivity index (χ1v) is 8.07. The fraction of sp³-hybridized carbons (Fsp3) is 0.467. The monoisotopic (exact) mass is 288 g/mol. The van der Waals surface area contributed by atoms with Crippen molar-refractivity contribution in [2.45, 2.75) is 31.8 Å². The molecule has 2 aromatic rings. The van der Waals surface area contributed by atoms with Crippen molar-refractivity contribution in [2.24, 2.45) is 0 Å². The van der Waals surface area contributed by atoms with Crippen molar-refractivity contribution in [2.75, 3.05) is 18.0 Å². The van der Waals surface area contributed by atoms with Gasteiger partial charge in [-0.1, -0.05) is 0 Å². The quantitative estimate of drug-likeness (QED) is 0.939. The van der Waals surface area contributed by atoms with E-state index in [1.807, 2.05) is 18.5 Å². The molecular weight excluding hydrogens is 268 g/mol. The summed E-state index contributed by atoms with van der Waals surface area (Å²) in [6.45, 7) is 4.27. The van der Waals surface area contributed by atoms with Crippen molar-refractivity contribution < 1.29 is 0 Å². The van der Waals surface area contributed by atoms with Crippen LogP contribution in [0.2, 0.25) is 0 Å². The van der Waals surface area contributed by atoms with Crippen LogP contribution in [0.4, 0.5) is 5.95 Å². The Kier molecular flexibility index (Phi) is 4.28. The summed E-state index contributed by atoms with van der Waals surface area (Å²) in [6.07, 6.45) is 6.03. The lowest BCUT2D eigenvalue weighted by Gasteiger charge is -2.34. The van der Waals surface area contributed by atoms with Crippen LogP contribution >= 0.6 is 11.3 Å². The molecule has 20 heavy (non-hydrogen) atoms. The van der Waals surface area contributed by atoms with Crippen molar-refractivity contribution in [1.82, 2.24) is 15.3 Å². The Morgan fingerprint density at radius 3 is 3.00 bits per heavy atom. The molecule has 1 saturated heterocycles. The molecule has 0 saturated carbocycles. The summed E-state index contributed by atoms with van der Waals surface area (Å²) in [5.41, 5.74) is 1.38. The fourth-order valence-corrected chi connectivity index (χ4v) is 3.47. The summed E-state index contributed by atoms with van der Waals surface area (Å²) >= 11 is 1.76. The normalized spacial score (nSPS) is 20.9. The highest BCUT2D eigenvalue weighted by molar-refractivity contribution is 7.07. The predicted octanol–water partition coefficient (Wildman–Crippen LogP) is 2.86. The van der Waals surface area contributed by atoms with E-state index in [2.05, 4.69) is 43.9 Å². The molecule has 1 N–H and O–H groups in total. The first-order chi connectivity index (χ1) is 9.83. The molecular formula is C15H20N4S. The van der Waals surface area contributed by atoms with E-state index in [-0.39, 0.29) is 0 Å². The highest BCUT2D eigenvalue weighted by Gasteiger charge is 2.22. The van der Waals surface area contributed by atoms with Gasteiger partial charge in [0.05, 0.1) is 0 Å². The van der Waals surface area contributed by atoms with Gasteiger partial charge < -0.3 is 10.2 Å². The maximum Gasteiger partial charge on any atom is 0.225 e. The lowest BCUT2D eigenvalue weighted by atomic mass is 10.0. The number of aromatic nitrogens is 2. The Balaban J connectivity index is 1.61. The summed E-state index contributed by atoms with van der Waals surface area (Å²) in [4.78, 5) is 11.0. The molecule has 0 radical (unpaired) electrons. The van der Waals surface area contributed by atoms with Crippen LogP contribution in [0.15, 0.2) is 35.3 Å². The van der Waals surface area contributed by atoms with Crippen LogP contribution in [0.1, 0.15) is 31.4 Å². The summed E-state index contributed by atoms with van der Waals surface area (Å²) in [5.74, 6) is 0.849. The third-order valence-corrected chi connectivity index (χ3v) is 4.49. The van der Waals surface area contributed by atoms with Gasteiger partial charge in [-0.15, -0.1) is 0 Å². The topological polar surface area (TPSA) is 41.0 Å². The van der Waals surface area contributed by atoms with Gasteiger partial charge in [-0.05, 0) is 48.2 Å². The second kappa shape index (κ2) is 6.33. The number of hydrogen-bond acceptors (Lipinski definition) is 5. The zero-order valence-corrected chi connectivity index (χ0v) is 12.5. The second-order valence-electron chi connectivity index (χ2n) is 5.28. The molecule has 0 amide bonds. The van der Waals surface area contributed by atoms with Crippen molar-refractivity contribution in [3.05, 3.63) is 40.8 Å². The minimum atomic E-state index is 0.405. The Bertz CT molecular complexity index is 514. The highest BCUT2D eigenvalue weighted by atomic mass is 32.1. The van der Waals surface area contributed by atoms with Crippen LogP contribution < -0.4 is 10.2 Å². The van der Waals surface area contributed by atoms with Gasteiger partial charge in [0, 0.05) is 37.6 Å². The summed E-state index contributed by atoms with van der Waals surface area (Å²) in [7, 11) is 0. The Hall–Kier alpha value is -1.46. The van der Waals surface area contributed by atoms with Crippen molar-refractivity contribution in [3.63, 3.8) is 0 Å². The minimum absolute atomic E-state index is 0.405. The van der Waals surface area contributed by atoms with E-state index in [4.69, 9.17) is 0 Å². The molecule has 4 nitrogen and oxygen atoms in total. The summed E-state index contributed by atoms with van der Waals surface area (Å²) in [6, 6.07) is 4.97. The van der Waals surface area contributed by atoms with Crippen LogP contribution in [0.25, 0.3) is 0 Å². The van der Waals surface area contributed by atoms with Gasteiger partial charge in [0.1, 0.15) is 0 Å². The number of rotatable bonds is 4. The van der Waals surface area contributed by atoms with Gasteiger partial charge in [0.15, 0.2) is 0 Å². The molecule has 2 unspecified atom stereocenters.